The summed E-state index contributed by atoms with van der Waals surface area (Å²) in [5.41, 5.74) is 4.36. The Morgan fingerprint density at radius 3 is 2.43 bits per heavy atom. The average Bonchev–Trinajstić information content (AvgIpc) is 3.35. The number of hydrogen-bond donors (Lipinski definition) is 0. The summed E-state index contributed by atoms with van der Waals surface area (Å²) in [5, 5.41) is 0. The summed E-state index contributed by atoms with van der Waals surface area (Å²) in [4.78, 5) is 36.5. The second kappa shape index (κ2) is 12.5. The second-order valence-corrected chi connectivity index (χ2v) is 11.8. The predicted molar refractivity (Wildman–Crippen MR) is 169 cm³/mol. The summed E-state index contributed by atoms with van der Waals surface area (Å²) in [6.07, 6.45) is 3.92. The molecule has 1 fully saturated rings. The minimum atomic E-state index is -0.683. The van der Waals surface area contributed by atoms with E-state index in [2.05, 4.69) is 17.0 Å². The number of thiazole rings is 1. The molecule has 1 atom stereocenters. The maximum Gasteiger partial charge on any atom is 0.338 e. The lowest BCUT2D eigenvalue weighted by Crippen LogP contribution is -2.40. The second-order valence-electron chi connectivity index (χ2n) is 9.90. The van der Waals surface area contributed by atoms with Gasteiger partial charge in [-0.2, -0.15) is 0 Å². The summed E-state index contributed by atoms with van der Waals surface area (Å²) in [7, 11) is 0. The van der Waals surface area contributed by atoms with Crippen LogP contribution >= 0.6 is 23.1 Å². The van der Waals surface area contributed by atoms with Crippen molar-refractivity contribution >= 4 is 46.5 Å². The summed E-state index contributed by atoms with van der Waals surface area (Å²) >= 11 is 2.97. The minimum absolute atomic E-state index is 0.191. The third-order valence-electron chi connectivity index (χ3n) is 7.37. The zero-order chi connectivity index (χ0) is 29.1. The van der Waals surface area contributed by atoms with Crippen molar-refractivity contribution < 1.29 is 14.3 Å². The van der Waals surface area contributed by atoms with E-state index in [1.807, 2.05) is 79.1 Å². The molecule has 6 rings (SSSR count). The first kappa shape index (κ1) is 28.2. The smallest absolute Gasteiger partial charge is 0.338 e. The molecule has 2 aliphatic heterocycles. The third kappa shape index (κ3) is 5.60. The number of rotatable bonds is 7. The molecule has 7 nitrogen and oxygen atoms in total. The number of fused-ring (bicyclic) bond motifs is 1. The quantitative estimate of drug-likeness (QED) is 0.231. The molecule has 0 N–H and O–H groups in total. The normalized spacial score (nSPS) is 17.1. The first-order chi connectivity index (χ1) is 20.6. The van der Waals surface area contributed by atoms with Crippen LogP contribution in [0.3, 0.4) is 0 Å². The lowest BCUT2D eigenvalue weighted by molar-refractivity contribution is -0.138. The zero-order valence-corrected chi connectivity index (χ0v) is 25.1. The highest BCUT2D eigenvalue weighted by molar-refractivity contribution is 7.98. The molecule has 1 aromatic heterocycles. The lowest BCUT2D eigenvalue weighted by atomic mass is 9.93. The van der Waals surface area contributed by atoms with Gasteiger partial charge in [0, 0.05) is 29.2 Å². The van der Waals surface area contributed by atoms with Gasteiger partial charge in [0.05, 0.1) is 41.7 Å². The van der Waals surface area contributed by atoms with Gasteiger partial charge in [0.1, 0.15) is 0 Å². The number of esters is 1. The van der Waals surface area contributed by atoms with Gasteiger partial charge in [0.15, 0.2) is 4.80 Å². The Morgan fingerprint density at radius 2 is 1.76 bits per heavy atom. The standard InChI is InChI=1S/C33H31N3O4S2/c1-3-40-32(38)28-29(23-7-5-4-6-8-23)34-33-36(30(28)24-11-15-26(41-2)16-12-24)31(37)27(42-33)21-22-9-13-25(14-10-22)35-17-19-39-20-18-35/h4-16,21,30H,3,17-20H2,1-2H3/b27-21+/t30-/m1/s1. The first-order valence-electron chi connectivity index (χ1n) is 13.9. The molecule has 1 saturated heterocycles. The fourth-order valence-corrected chi connectivity index (χ4v) is 6.71. The lowest BCUT2D eigenvalue weighted by Gasteiger charge is -2.28. The molecule has 0 radical (unpaired) electrons. The van der Waals surface area contributed by atoms with Crippen molar-refractivity contribution in [3.8, 4) is 0 Å². The van der Waals surface area contributed by atoms with Gasteiger partial charge in [0.2, 0.25) is 0 Å². The molecule has 0 unspecified atom stereocenters. The SMILES string of the molecule is CCOC(=O)C1=C(c2ccccc2)N=c2s/c(=C/c3ccc(N4CCOCC4)cc3)c(=O)n2[C@@H]1c1ccc(SC)cc1. The number of nitrogens with zero attached hydrogens (tertiary/aromatic N) is 3. The largest absolute Gasteiger partial charge is 0.463 e. The maximum absolute atomic E-state index is 14.1. The van der Waals surface area contributed by atoms with E-state index in [0.717, 1.165) is 53.6 Å². The van der Waals surface area contributed by atoms with Crippen molar-refractivity contribution in [3.05, 3.63) is 121 Å². The molecule has 3 heterocycles. The Kier molecular flexibility index (Phi) is 8.41. The molecule has 9 heteroatoms. The van der Waals surface area contributed by atoms with Crippen molar-refractivity contribution in [2.24, 2.45) is 4.99 Å². The number of aromatic nitrogens is 1. The molecule has 4 aromatic rings. The number of anilines is 1. The maximum atomic E-state index is 14.1. The van der Waals surface area contributed by atoms with Crippen LogP contribution in [0.4, 0.5) is 5.69 Å². The van der Waals surface area contributed by atoms with E-state index in [1.54, 1.807) is 23.3 Å². The highest BCUT2D eigenvalue weighted by Gasteiger charge is 2.35. The molecule has 3 aromatic carbocycles. The summed E-state index contributed by atoms with van der Waals surface area (Å²) in [6, 6.07) is 25.1. The highest BCUT2D eigenvalue weighted by Crippen LogP contribution is 2.35. The summed E-state index contributed by atoms with van der Waals surface area (Å²) in [5.74, 6) is -0.480. The van der Waals surface area contributed by atoms with Crippen LogP contribution in [0.5, 0.6) is 0 Å². The summed E-state index contributed by atoms with van der Waals surface area (Å²) in [6.45, 7) is 5.17. The molecule has 0 spiro atoms. The zero-order valence-electron chi connectivity index (χ0n) is 23.5. The Balaban J connectivity index is 1.51. The van der Waals surface area contributed by atoms with Crippen molar-refractivity contribution in [1.82, 2.24) is 4.57 Å². The Labute approximate surface area is 252 Å². The molecular formula is C33H31N3O4S2. The first-order valence-corrected chi connectivity index (χ1v) is 16.0. The van der Waals surface area contributed by atoms with E-state index in [0.29, 0.717) is 20.6 Å². The minimum Gasteiger partial charge on any atom is -0.463 e. The van der Waals surface area contributed by atoms with Crippen molar-refractivity contribution in [1.29, 1.82) is 0 Å². The van der Waals surface area contributed by atoms with Crippen LogP contribution in [0.25, 0.3) is 11.8 Å². The molecule has 42 heavy (non-hydrogen) atoms. The monoisotopic (exact) mass is 597 g/mol. The van der Waals surface area contributed by atoms with E-state index < -0.39 is 12.0 Å². The van der Waals surface area contributed by atoms with Gasteiger partial charge >= 0.3 is 5.97 Å². The summed E-state index contributed by atoms with van der Waals surface area (Å²) < 4.78 is 13.2. The van der Waals surface area contributed by atoms with Gasteiger partial charge < -0.3 is 14.4 Å². The van der Waals surface area contributed by atoms with E-state index in [9.17, 15) is 9.59 Å². The number of thioether (sulfide) groups is 1. The molecule has 0 amide bonds. The van der Waals surface area contributed by atoms with Crippen LogP contribution in [0.2, 0.25) is 0 Å². The van der Waals surface area contributed by atoms with E-state index in [1.165, 1.54) is 11.3 Å². The Morgan fingerprint density at radius 1 is 1.05 bits per heavy atom. The molecule has 2 aliphatic rings. The van der Waals surface area contributed by atoms with Crippen molar-refractivity contribution in [2.75, 3.05) is 44.1 Å². The highest BCUT2D eigenvalue weighted by atomic mass is 32.2. The third-order valence-corrected chi connectivity index (χ3v) is 9.10. The molecule has 0 aliphatic carbocycles. The fraction of sp³-hybridized carbons (Fsp3) is 0.242. The van der Waals surface area contributed by atoms with Crippen molar-refractivity contribution in [2.45, 2.75) is 17.9 Å². The van der Waals surface area contributed by atoms with Crippen LogP contribution in [0.1, 0.15) is 29.7 Å². The van der Waals surface area contributed by atoms with E-state index >= 15 is 0 Å². The van der Waals surface area contributed by atoms with Crippen LogP contribution in [0, 0.1) is 0 Å². The van der Waals surface area contributed by atoms with E-state index in [-0.39, 0.29) is 12.2 Å². The molecule has 214 valence electrons. The average molecular weight is 598 g/mol. The van der Waals surface area contributed by atoms with Crippen molar-refractivity contribution in [3.63, 3.8) is 0 Å². The van der Waals surface area contributed by atoms with Crippen LogP contribution in [0.15, 0.2) is 99.1 Å². The molecule has 0 bridgehead atoms. The number of carbonyl (C=O) groups excluding carboxylic acids is 1. The van der Waals surface area contributed by atoms with Crippen LogP contribution in [-0.4, -0.2) is 49.7 Å². The number of carbonyl (C=O) groups is 1. The van der Waals surface area contributed by atoms with Gasteiger partial charge in [-0.05, 0) is 54.6 Å². The number of hydrogen-bond acceptors (Lipinski definition) is 8. The van der Waals surface area contributed by atoms with Gasteiger partial charge in [0.25, 0.3) is 5.56 Å². The number of ether oxygens (including phenoxy) is 2. The molecule has 0 saturated carbocycles. The number of morpholine rings is 1. The van der Waals surface area contributed by atoms with Crippen LogP contribution in [-0.2, 0) is 14.3 Å². The van der Waals surface area contributed by atoms with Gasteiger partial charge in [-0.3, -0.25) is 9.36 Å². The van der Waals surface area contributed by atoms with Gasteiger partial charge in [-0.15, -0.1) is 11.8 Å². The van der Waals surface area contributed by atoms with Crippen LogP contribution < -0.4 is 19.8 Å². The van der Waals surface area contributed by atoms with Gasteiger partial charge in [-0.25, -0.2) is 9.79 Å². The fourth-order valence-electron chi connectivity index (χ4n) is 5.30. The molecular weight excluding hydrogens is 567 g/mol. The van der Waals surface area contributed by atoms with E-state index in [4.69, 9.17) is 14.5 Å². The Hall–Kier alpha value is -3.92. The van der Waals surface area contributed by atoms with Gasteiger partial charge in [-0.1, -0.05) is 65.9 Å². The predicted octanol–water partition coefficient (Wildman–Crippen LogP) is 4.49. The topological polar surface area (TPSA) is 73.1 Å². The number of benzene rings is 3. The Bertz CT molecular complexity index is 1790.